The van der Waals surface area contributed by atoms with E-state index in [-0.39, 0.29) is 81.6 Å². The average Bonchev–Trinajstić information content (AvgIpc) is 2.78. The van der Waals surface area contributed by atoms with E-state index in [2.05, 4.69) is 27.7 Å². The molecule has 0 saturated carbocycles. The number of nitrogens with zero attached hydrogens (tertiary/aromatic N) is 1. The van der Waals surface area contributed by atoms with Crippen molar-refractivity contribution in [3.05, 3.63) is 83.4 Å². The molecule has 174 valence electrons. The molecule has 3 rings (SSSR count). The van der Waals surface area contributed by atoms with Crippen LogP contribution in [0, 0.1) is 0 Å². The number of benzene rings is 3. The maximum Gasteiger partial charge on any atom is 1.00 e. The van der Waals surface area contributed by atoms with Crippen molar-refractivity contribution >= 4 is 67.0 Å². The van der Waals surface area contributed by atoms with E-state index in [1.165, 1.54) is 36.4 Å². The zero-order valence-electron chi connectivity index (χ0n) is 19.0. The van der Waals surface area contributed by atoms with Crippen LogP contribution in [0.15, 0.2) is 81.5 Å². The van der Waals surface area contributed by atoms with Gasteiger partial charge in [-0.25, -0.2) is 16.8 Å². The van der Waals surface area contributed by atoms with Gasteiger partial charge in [0, 0.05) is 11.3 Å². The van der Waals surface area contributed by atoms with Gasteiger partial charge in [-0.1, -0.05) is 42.5 Å². The second kappa shape index (κ2) is 13.9. The summed E-state index contributed by atoms with van der Waals surface area (Å²) >= 11 is 4.46. The molecule has 0 spiro atoms. The van der Waals surface area contributed by atoms with E-state index in [1.54, 1.807) is 30.3 Å². The summed E-state index contributed by atoms with van der Waals surface area (Å²) in [5, 5.41) is 4.56. The van der Waals surface area contributed by atoms with Crippen molar-refractivity contribution in [1.82, 2.24) is 0 Å². The minimum absolute atomic E-state index is 0. The molecule has 0 atom stereocenters. The second-order valence-corrected chi connectivity index (χ2v) is 9.62. The third-order valence-electron chi connectivity index (χ3n) is 4.46. The molecule has 0 bridgehead atoms. The molecule has 0 saturated heterocycles. The summed E-state index contributed by atoms with van der Waals surface area (Å²) in [7, 11) is -9.90. The number of carbonyl (C=O) groups excluding carboxylic acids is 1. The van der Waals surface area contributed by atoms with Gasteiger partial charge in [-0.3, -0.25) is 4.79 Å². The molecule has 3 aromatic carbocycles. The molecule has 0 aliphatic rings. The first-order valence-corrected chi connectivity index (χ1v) is 12.5. The average molecular weight is 561 g/mol. The molecule has 0 aliphatic carbocycles. The molecule has 0 heterocycles. The van der Waals surface area contributed by atoms with Crippen LogP contribution >= 0.6 is 12.2 Å². The fourth-order valence-corrected chi connectivity index (χ4v) is 4.43. The van der Waals surface area contributed by atoms with E-state index in [4.69, 9.17) is 0 Å². The van der Waals surface area contributed by atoms with Gasteiger partial charge in [0.15, 0.2) is 0 Å². The summed E-state index contributed by atoms with van der Waals surface area (Å²) in [6.07, 6.45) is 2.33. The van der Waals surface area contributed by atoms with Crippen molar-refractivity contribution in [2.24, 2.45) is 4.99 Å². The Kier molecular flexibility index (Phi) is 12.5. The van der Waals surface area contributed by atoms with E-state index in [0.717, 1.165) is 12.1 Å². The van der Waals surface area contributed by atoms with Crippen molar-refractivity contribution in [1.29, 1.82) is 0 Å². The van der Waals surface area contributed by atoms with Crippen molar-refractivity contribution in [2.45, 2.75) is 9.79 Å². The number of carbonyl (C=O) groups is 1. The predicted molar refractivity (Wildman–Crippen MR) is 127 cm³/mol. The van der Waals surface area contributed by atoms with Gasteiger partial charge in [0.25, 0.3) is 5.91 Å². The smallest absolute Gasteiger partial charge is 0.744 e. The Morgan fingerprint density at radius 3 is 1.89 bits per heavy atom. The van der Waals surface area contributed by atoms with Gasteiger partial charge >= 0.3 is 59.1 Å². The summed E-state index contributed by atoms with van der Waals surface area (Å²) in [6, 6.07) is 15.4. The Morgan fingerprint density at radius 1 is 0.833 bits per heavy atom. The van der Waals surface area contributed by atoms with Gasteiger partial charge in [-0.15, -0.1) is 0 Å². The number of thiocarbonyl (C=S) groups is 1. The molecule has 3 aromatic rings. The summed E-state index contributed by atoms with van der Waals surface area (Å²) in [5.74, 6) is -0.512. The van der Waals surface area contributed by atoms with Crippen LogP contribution in [0.3, 0.4) is 0 Å². The molecule has 9 nitrogen and oxygen atoms in total. The minimum Gasteiger partial charge on any atom is -0.744 e. The Morgan fingerprint density at radius 2 is 1.36 bits per heavy atom. The molecule has 1 N–H and O–H groups in total. The van der Waals surface area contributed by atoms with Crippen LogP contribution < -0.4 is 64.4 Å². The summed E-state index contributed by atoms with van der Waals surface area (Å²) in [6.45, 7) is 0. The Balaban J connectivity index is 0.00000324. The van der Waals surface area contributed by atoms with E-state index >= 15 is 0 Å². The number of hydrogen-bond acceptors (Lipinski definition) is 9. The van der Waals surface area contributed by atoms with Gasteiger partial charge in [0.05, 0.1) is 20.6 Å². The third-order valence-corrected chi connectivity index (χ3v) is 6.34. The van der Waals surface area contributed by atoms with Crippen molar-refractivity contribution in [3.63, 3.8) is 0 Å². The molecule has 14 heteroatoms. The molecular formula is C22H14N2Na2O7S3. The standard InChI is InChI=1S/C22H16N2O7S3.2Na/c25-22(17-4-2-1-3-5-17)24-19-11-9-16(21(13-19)34(29,30)31)7-6-15-8-10-18(23-14-32)12-20(15)33(26,27)28;;/h1-13H,(H,24,25)(H,26,27,28)(H,29,30,31);;/q;2*+1/p-2. The molecule has 0 radical (unpaired) electrons. The normalized spacial score (nSPS) is 11.1. The van der Waals surface area contributed by atoms with Crippen LogP contribution in [0.1, 0.15) is 21.5 Å². The Hall–Kier alpha value is -1.51. The molecule has 36 heavy (non-hydrogen) atoms. The van der Waals surface area contributed by atoms with Crippen LogP contribution in [0.5, 0.6) is 0 Å². The molecule has 0 fully saturated rings. The van der Waals surface area contributed by atoms with E-state index in [0.29, 0.717) is 5.56 Å². The van der Waals surface area contributed by atoms with Crippen LogP contribution in [-0.4, -0.2) is 37.0 Å². The first kappa shape index (κ1) is 32.5. The molecular weight excluding hydrogens is 546 g/mol. The van der Waals surface area contributed by atoms with Crippen LogP contribution in [0.2, 0.25) is 0 Å². The van der Waals surface area contributed by atoms with Crippen molar-refractivity contribution < 1.29 is 89.9 Å². The summed E-state index contributed by atoms with van der Waals surface area (Å²) in [4.78, 5) is 14.7. The number of isothiocyanates is 1. The number of nitrogens with one attached hydrogen (secondary N) is 1. The predicted octanol–water partition coefficient (Wildman–Crippen LogP) is -2.34. The maximum atomic E-state index is 12.3. The Labute approximate surface area is 257 Å². The zero-order valence-corrected chi connectivity index (χ0v) is 25.5. The second-order valence-electron chi connectivity index (χ2n) is 6.74. The van der Waals surface area contributed by atoms with Crippen molar-refractivity contribution in [3.8, 4) is 0 Å². The zero-order chi connectivity index (χ0) is 24.9. The SMILES string of the molecule is O=C(Nc1ccc(C=Cc2ccc(N=C=S)cc2S(=O)(=O)[O-])c(S(=O)(=O)[O-])c1)c1ccccc1.[Na+].[Na+]. The van der Waals surface area contributed by atoms with Crippen LogP contribution in [0.4, 0.5) is 11.4 Å². The van der Waals surface area contributed by atoms with E-state index in [9.17, 15) is 30.7 Å². The number of aliphatic imine (C=N–C) groups is 1. The fraction of sp³-hybridized carbons (Fsp3) is 0. The number of rotatable bonds is 7. The molecule has 1 amide bonds. The van der Waals surface area contributed by atoms with Gasteiger partial charge in [-0.05, 0) is 59.7 Å². The Bertz CT molecular complexity index is 1550. The van der Waals surface area contributed by atoms with Crippen molar-refractivity contribution in [2.75, 3.05) is 5.32 Å². The van der Waals surface area contributed by atoms with Crippen LogP contribution in [-0.2, 0) is 20.2 Å². The minimum atomic E-state index is -4.98. The number of hydrogen-bond donors (Lipinski definition) is 1. The summed E-state index contributed by atoms with van der Waals surface area (Å²) < 4.78 is 70.5. The van der Waals surface area contributed by atoms with Gasteiger partial charge in [0.2, 0.25) is 0 Å². The first-order valence-electron chi connectivity index (χ1n) is 9.31. The molecule has 0 aromatic heterocycles. The van der Waals surface area contributed by atoms with Gasteiger partial charge in [0.1, 0.15) is 20.2 Å². The first-order chi connectivity index (χ1) is 16.0. The number of anilines is 1. The fourth-order valence-electron chi connectivity index (χ4n) is 2.94. The monoisotopic (exact) mass is 560 g/mol. The largest absolute Gasteiger partial charge is 1.00 e. The van der Waals surface area contributed by atoms with Gasteiger partial charge in [-0.2, -0.15) is 4.99 Å². The molecule has 0 aliphatic heterocycles. The summed E-state index contributed by atoms with van der Waals surface area (Å²) in [5.41, 5.74) is 0.330. The maximum absolute atomic E-state index is 12.3. The topological polar surface area (TPSA) is 156 Å². The van der Waals surface area contributed by atoms with Gasteiger partial charge < -0.3 is 14.4 Å². The van der Waals surface area contributed by atoms with Crippen LogP contribution in [0.25, 0.3) is 12.2 Å². The molecule has 0 unspecified atom stereocenters. The number of amides is 1. The van der Waals surface area contributed by atoms with E-state index < -0.39 is 35.9 Å². The third kappa shape index (κ3) is 8.80. The quantitative estimate of drug-likeness (QED) is 0.111. The van der Waals surface area contributed by atoms with E-state index in [1.807, 2.05) is 0 Å².